The fourth-order valence-corrected chi connectivity index (χ4v) is 7.38. The molecule has 0 aliphatic heterocycles. The predicted octanol–water partition coefficient (Wildman–Crippen LogP) is 9.40. The quantitative estimate of drug-likeness (QED) is 0.310. The van der Waals surface area contributed by atoms with E-state index in [2.05, 4.69) is 0 Å². The fourth-order valence-electron chi connectivity index (χ4n) is 7.38. The van der Waals surface area contributed by atoms with Crippen LogP contribution in [0.2, 0.25) is 0 Å². The highest BCUT2D eigenvalue weighted by molar-refractivity contribution is 5.33. The lowest BCUT2D eigenvalue weighted by molar-refractivity contribution is -0.0979. The summed E-state index contributed by atoms with van der Waals surface area (Å²) in [4.78, 5) is 0. The van der Waals surface area contributed by atoms with Gasteiger partial charge in [0.25, 0.3) is 5.92 Å². The van der Waals surface area contributed by atoms with Gasteiger partial charge < -0.3 is 4.74 Å². The molecule has 3 aliphatic carbocycles. The van der Waals surface area contributed by atoms with Crippen LogP contribution in [0.4, 0.5) is 26.7 Å². The number of rotatable bonds is 8. The van der Waals surface area contributed by atoms with E-state index in [1.165, 1.54) is 19.2 Å². The van der Waals surface area contributed by atoms with Gasteiger partial charge in [0.2, 0.25) is 0 Å². The number of alkyl halides is 3. The normalized spacial score (nSPS) is 31.5. The lowest BCUT2D eigenvalue weighted by Crippen LogP contribution is -2.36. The molecule has 3 saturated carbocycles. The van der Waals surface area contributed by atoms with Crippen LogP contribution in [0, 0.1) is 41.2 Å². The van der Waals surface area contributed by atoms with Gasteiger partial charge in [0, 0.05) is 12.3 Å². The molecule has 1 nitrogen and oxygen atoms in total. The van der Waals surface area contributed by atoms with Gasteiger partial charge in [-0.1, -0.05) is 12.8 Å². The Hall–Kier alpha value is -1.40. The third-order valence-electron chi connectivity index (χ3n) is 9.55. The smallest absolute Gasteiger partial charge is 0.251 e. The summed E-state index contributed by atoms with van der Waals surface area (Å²) in [5.74, 6) is -3.25. The number of halogens is 6. The summed E-state index contributed by atoms with van der Waals surface area (Å²) in [5.41, 5.74) is 0.600. The summed E-state index contributed by atoms with van der Waals surface area (Å²) in [6.45, 7) is -0.226. The molecule has 0 radical (unpaired) electrons. The van der Waals surface area contributed by atoms with Crippen molar-refractivity contribution in [3.63, 3.8) is 0 Å². The molecule has 0 saturated heterocycles. The van der Waals surface area contributed by atoms with Crippen molar-refractivity contribution >= 4 is 0 Å². The number of hydrogen-bond acceptors (Lipinski definition) is 1. The first kappa shape index (κ1) is 29.2. The summed E-state index contributed by atoms with van der Waals surface area (Å²) >= 11 is 0. The zero-order valence-corrected chi connectivity index (χ0v) is 21.4. The summed E-state index contributed by atoms with van der Waals surface area (Å²) in [5, 5.41) is 0. The zero-order chi connectivity index (χ0) is 25.0. The molecule has 0 amide bonds. The fraction of sp³-hybridized carbons (Fsp3) is 0.793. The molecular formula is C29H42F6O. The van der Waals surface area contributed by atoms with Crippen LogP contribution in [0.1, 0.15) is 101 Å². The van der Waals surface area contributed by atoms with Crippen molar-refractivity contribution in [3.05, 3.63) is 29.3 Å². The van der Waals surface area contributed by atoms with Crippen molar-refractivity contribution in [2.24, 2.45) is 29.6 Å². The van der Waals surface area contributed by atoms with Gasteiger partial charge in [0.05, 0.1) is 13.8 Å². The average molecular weight is 521 g/mol. The summed E-state index contributed by atoms with van der Waals surface area (Å²) < 4.78 is 76.1. The van der Waals surface area contributed by atoms with Crippen molar-refractivity contribution in [1.82, 2.24) is 0 Å². The molecule has 4 rings (SSSR count). The standard InChI is InChI=1S/C29H41F5O.FH/c1-35-28-26(31)16-24(17-27(28)32)23-8-4-20(5-9-23)18-29(33,34)25-12-10-22(11-13-25)21-6-2-19(3-7-21)14-15-30;/h16-17,19-23,25H,2-15,18H2,1H3;1H. The number of ether oxygens (including phenoxy) is 1. The Balaban J connectivity index is 0.00000361. The molecule has 0 spiro atoms. The Labute approximate surface area is 211 Å². The highest BCUT2D eigenvalue weighted by Gasteiger charge is 2.44. The minimum Gasteiger partial charge on any atom is -0.491 e. The lowest BCUT2D eigenvalue weighted by Gasteiger charge is -2.40. The van der Waals surface area contributed by atoms with E-state index in [1.807, 2.05) is 0 Å². The third-order valence-corrected chi connectivity index (χ3v) is 9.55. The van der Waals surface area contributed by atoms with Gasteiger partial charge in [-0.25, -0.2) is 17.6 Å². The maximum Gasteiger partial charge on any atom is 0.251 e. The van der Waals surface area contributed by atoms with Crippen LogP contribution in [0.25, 0.3) is 0 Å². The van der Waals surface area contributed by atoms with E-state index in [9.17, 15) is 13.2 Å². The van der Waals surface area contributed by atoms with Crippen molar-refractivity contribution < 1.29 is 31.4 Å². The third kappa shape index (κ3) is 6.92. The van der Waals surface area contributed by atoms with E-state index >= 15 is 8.78 Å². The maximum atomic E-state index is 15.3. The van der Waals surface area contributed by atoms with Crippen LogP contribution in [-0.2, 0) is 0 Å². The first-order valence-electron chi connectivity index (χ1n) is 13.8. The van der Waals surface area contributed by atoms with E-state index in [1.54, 1.807) is 0 Å². The number of hydrogen-bond donors (Lipinski definition) is 0. The zero-order valence-electron chi connectivity index (χ0n) is 21.4. The largest absolute Gasteiger partial charge is 0.491 e. The minimum atomic E-state index is -2.64. The molecule has 7 heteroatoms. The minimum absolute atomic E-state index is 0. The molecule has 0 heterocycles. The van der Waals surface area contributed by atoms with Gasteiger partial charge in [-0.15, -0.1) is 0 Å². The first-order chi connectivity index (χ1) is 16.8. The van der Waals surface area contributed by atoms with Crippen LogP contribution in [0.5, 0.6) is 5.75 Å². The molecule has 36 heavy (non-hydrogen) atoms. The molecule has 0 aromatic heterocycles. The van der Waals surface area contributed by atoms with E-state index in [0.29, 0.717) is 68.3 Å². The number of methoxy groups -OCH3 is 1. The van der Waals surface area contributed by atoms with E-state index in [0.717, 1.165) is 38.5 Å². The second-order valence-corrected chi connectivity index (χ2v) is 11.6. The van der Waals surface area contributed by atoms with E-state index < -0.39 is 23.5 Å². The Morgan fingerprint density at radius 3 is 1.78 bits per heavy atom. The molecule has 3 aliphatic rings. The van der Waals surface area contributed by atoms with Crippen molar-refractivity contribution in [1.29, 1.82) is 0 Å². The summed E-state index contributed by atoms with van der Waals surface area (Å²) in [6.07, 6.45) is 10.9. The SMILES string of the molecule is COc1c(F)cc(C2CCC(CC(F)(F)C3CCC(C4CCC(CCF)CC4)CC3)CC2)cc1F.F. The monoisotopic (exact) mass is 520 g/mol. The van der Waals surface area contributed by atoms with Crippen LogP contribution in [-0.4, -0.2) is 19.7 Å². The second-order valence-electron chi connectivity index (χ2n) is 11.6. The first-order valence-corrected chi connectivity index (χ1v) is 13.8. The molecule has 0 bridgehead atoms. The lowest BCUT2D eigenvalue weighted by atomic mass is 9.67. The molecule has 1 aromatic carbocycles. The van der Waals surface area contributed by atoms with Crippen LogP contribution in [0.15, 0.2) is 12.1 Å². The Morgan fingerprint density at radius 1 is 0.778 bits per heavy atom. The van der Waals surface area contributed by atoms with Crippen molar-refractivity contribution in [2.45, 2.75) is 102 Å². The molecule has 3 fully saturated rings. The second kappa shape index (κ2) is 12.9. The molecule has 1 aromatic rings. The van der Waals surface area contributed by atoms with Crippen LogP contribution >= 0.6 is 0 Å². The van der Waals surface area contributed by atoms with Gasteiger partial charge in [0.1, 0.15) is 0 Å². The molecule has 0 N–H and O–H groups in total. The van der Waals surface area contributed by atoms with Gasteiger partial charge >= 0.3 is 0 Å². The van der Waals surface area contributed by atoms with Crippen molar-refractivity contribution in [2.75, 3.05) is 13.8 Å². The predicted molar refractivity (Wildman–Crippen MR) is 131 cm³/mol. The van der Waals surface area contributed by atoms with Crippen LogP contribution < -0.4 is 4.74 Å². The Kier molecular flexibility index (Phi) is 10.5. The summed E-state index contributed by atoms with van der Waals surface area (Å²) in [6, 6.07) is 2.65. The van der Waals surface area contributed by atoms with Gasteiger partial charge in [-0.3, -0.25) is 9.09 Å². The van der Waals surface area contributed by atoms with E-state index in [-0.39, 0.29) is 35.4 Å². The topological polar surface area (TPSA) is 9.23 Å². The number of benzene rings is 1. The molecule has 0 unspecified atom stereocenters. The highest BCUT2D eigenvalue weighted by atomic mass is 19.3. The van der Waals surface area contributed by atoms with Gasteiger partial charge in [-0.2, -0.15) is 0 Å². The van der Waals surface area contributed by atoms with Gasteiger partial charge in [-0.05, 0) is 118 Å². The average Bonchev–Trinajstić information content (AvgIpc) is 2.85. The van der Waals surface area contributed by atoms with Gasteiger partial charge in [0.15, 0.2) is 17.4 Å². The molecule has 206 valence electrons. The molecule has 0 atom stereocenters. The maximum absolute atomic E-state index is 15.3. The van der Waals surface area contributed by atoms with Crippen molar-refractivity contribution in [3.8, 4) is 5.75 Å². The molecular weight excluding hydrogens is 478 g/mol. The summed E-state index contributed by atoms with van der Waals surface area (Å²) in [7, 11) is 1.24. The van der Waals surface area contributed by atoms with Crippen LogP contribution in [0.3, 0.4) is 0 Å². The highest BCUT2D eigenvalue weighted by Crippen LogP contribution is 2.49. The Bertz CT molecular complexity index is 783. The van der Waals surface area contributed by atoms with E-state index in [4.69, 9.17) is 4.74 Å². The Morgan fingerprint density at radius 2 is 1.28 bits per heavy atom.